The van der Waals surface area contributed by atoms with Gasteiger partial charge < -0.3 is 19.8 Å². The first-order valence-corrected chi connectivity index (χ1v) is 13.6. The molecule has 2 fully saturated rings. The number of para-hydroxylation sites is 1. The molecule has 0 aromatic heterocycles. The fraction of sp³-hybridized carbons (Fsp3) is 0.519. The van der Waals surface area contributed by atoms with Crippen molar-refractivity contribution in [3.8, 4) is 0 Å². The van der Waals surface area contributed by atoms with Crippen LogP contribution in [-0.2, 0) is 14.4 Å². The zero-order valence-corrected chi connectivity index (χ0v) is 22.5. The van der Waals surface area contributed by atoms with Crippen molar-refractivity contribution in [2.24, 2.45) is 17.8 Å². The van der Waals surface area contributed by atoms with Crippen LogP contribution >= 0.6 is 23.4 Å². The predicted molar refractivity (Wildman–Crippen MR) is 142 cm³/mol. The van der Waals surface area contributed by atoms with E-state index in [1.807, 2.05) is 57.2 Å². The second-order valence-electron chi connectivity index (χ2n) is 10.7. The van der Waals surface area contributed by atoms with Gasteiger partial charge in [-0.2, -0.15) is 0 Å². The van der Waals surface area contributed by atoms with Crippen LogP contribution in [0.1, 0.15) is 20.8 Å². The molecule has 4 heterocycles. The van der Waals surface area contributed by atoms with Crippen molar-refractivity contribution in [1.82, 2.24) is 9.80 Å². The maximum atomic E-state index is 14.5. The SMILES string of the molecule is CC(C)[C@H](CO)N1C(=O)[C@@H]2[C@@H]3C(=O)N(C)CC=C[C@]3(C)S[C@@]23C=CCN(c2ccccc2Cl)C(=O)C13. The molecule has 7 nitrogen and oxygen atoms in total. The number of rotatable bonds is 4. The number of amides is 3. The average molecular weight is 530 g/mol. The number of halogens is 1. The third-order valence-corrected chi connectivity index (χ3v) is 10.3. The highest BCUT2D eigenvalue weighted by Gasteiger charge is 2.74. The number of hydrogen-bond acceptors (Lipinski definition) is 5. The zero-order chi connectivity index (χ0) is 26.0. The minimum Gasteiger partial charge on any atom is -0.394 e. The summed E-state index contributed by atoms with van der Waals surface area (Å²) < 4.78 is -1.60. The number of likely N-dealkylation sites (N-methyl/N-ethyl adjacent to an activating group) is 1. The topological polar surface area (TPSA) is 81.2 Å². The number of aliphatic hydroxyl groups is 1. The highest BCUT2D eigenvalue weighted by atomic mass is 35.5. The summed E-state index contributed by atoms with van der Waals surface area (Å²) in [5, 5.41) is 10.8. The maximum absolute atomic E-state index is 14.5. The van der Waals surface area contributed by atoms with Crippen LogP contribution in [0.25, 0.3) is 0 Å². The van der Waals surface area contributed by atoms with E-state index < -0.39 is 33.4 Å². The van der Waals surface area contributed by atoms with Crippen LogP contribution in [0.15, 0.2) is 48.6 Å². The molecule has 3 amide bonds. The highest BCUT2D eigenvalue weighted by molar-refractivity contribution is 8.02. The fourth-order valence-electron chi connectivity index (χ4n) is 6.45. The molecule has 1 N–H and O–H groups in total. The summed E-state index contributed by atoms with van der Waals surface area (Å²) in [6.45, 7) is 6.37. The molecule has 0 saturated carbocycles. The van der Waals surface area contributed by atoms with Gasteiger partial charge in [0.15, 0.2) is 0 Å². The standard InChI is InChI=1S/C27H32ClN3O4S/c1-16(2)19(15-32)31-22-25(35)30(18-10-6-5-9-17(18)28)14-8-12-27(22)21(24(31)34)20-23(33)29(4)13-7-11-26(20,3)36-27/h5-12,16,19-22,32H,13-15H2,1-4H3/t19-,20+,21-,22?,26-,27-/m0/s1. The summed E-state index contributed by atoms with van der Waals surface area (Å²) in [5.41, 5.74) is 0.575. The van der Waals surface area contributed by atoms with Crippen molar-refractivity contribution < 1.29 is 19.5 Å². The number of hydrogen-bond donors (Lipinski definition) is 1. The van der Waals surface area contributed by atoms with Gasteiger partial charge in [0, 0.05) is 24.9 Å². The molecule has 192 valence electrons. The van der Waals surface area contributed by atoms with E-state index >= 15 is 0 Å². The first kappa shape index (κ1) is 25.4. The Hall–Kier alpha value is -2.29. The third kappa shape index (κ3) is 3.48. The van der Waals surface area contributed by atoms with Gasteiger partial charge in [0.1, 0.15) is 6.04 Å². The van der Waals surface area contributed by atoms with E-state index in [0.29, 0.717) is 23.8 Å². The molecule has 2 saturated heterocycles. The van der Waals surface area contributed by atoms with Crippen LogP contribution in [-0.4, -0.2) is 80.9 Å². The summed E-state index contributed by atoms with van der Waals surface area (Å²) in [6.07, 6.45) is 7.92. The molecule has 9 heteroatoms. The van der Waals surface area contributed by atoms with Crippen molar-refractivity contribution in [3.63, 3.8) is 0 Å². The molecule has 1 unspecified atom stereocenters. The van der Waals surface area contributed by atoms with Crippen molar-refractivity contribution in [2.75, 3.05) is 31.6 Å². The lowest BCUT2D eigenvalue weighted by Gasteiger charge is -2.41. The Bertz CT molecular complexity index is 1170. The van der Waals surface area contributed by atoms with Crippen LogP contribution in [0, 0.1) is 17.8 Å². The minimum absolute atomic E-state index is 0.0904. The number of carbonyl (C=O) groups is 3. The van der Waals surface area contributed by atoms with Crippen LogP contribution in [0.2, 0.25) is 5.02 Å². The van der Waals surface area contributed by atoms with Gasteiger partial charge in [-0.15, -0.1) is 11.8 Å². The molecule has 1 aromatic rings. The number of aliphatic hydroxyl groups excluding tert-OH is 1. The Morgan fingerprint density at radius 1 is 1.06 bits per heavy atom. The number of nitrogens with zero attached hydrogens (tertiary/aromatic N) is 3. The lowest BCUT2D eigenvalue weighted by Crippen LogP contribution is -2.58. The Labute approximate surface area is 221 Å². The third-order valence-electron chi connectivity index (χ3n) is 8.15. The number of anilines is 1. The maximum Gasteiger partial charge on any atom is 0.251 e. The lowest BCUT2D eigenvalue weighted by molar-refractivity contribution is -0.145. The molecule has 1 aromatic carbocycles. The molecule has 1 spiro atoms. The lowest BCUT2D eigenvalue weighted by atomic mass is 9.74. The number of likely N-dealkylation sites (tertiary alicyclic amines) is 1. The molecule has 0 bridgehead atoms. The van der Waals surface area contributed by atoms with Crippen molar-refractivity contribution in [3.05, 3.63) is 53.6 Å². The van der Waals surface area contributed by atoms with Gasteiger partial charge in [-0.3, -0.25) is 14.4 Å². The van der Waals surface area contributed by atoms with E-state index in [4.69, 9.17) is 11.6 Å². The number of benzene rings is 1. The molecular weight excluding hydrogens is 498 g/mol. The molecular formula is C27H32ClN3O4S. The smallest absolute Gasteiger partial charge is 0.251 e. The second-order valence-corrected chi connectivity index (χ2v) is 12.9. The summed E-state index contributed by atoms with van der Waals surface area (Å²) in [7, 11) is 1.75. The fourth-order valence-corrected chi connectivity index (χ4v) is 8.83. The van der Waals surface area contributed by atoms with E-state index in [2.05, 4.69) is 0 Å². The van der Waals surface area contributed by atoms with Crippen molar-refractivity contribution in [2.45, 2.75) is 42.3 Å². The van der Waals surface area contributed by atoms with Gasteiger partial charge in [-0.05, 0) is 25.0 Å². The van der Waals surface area contributed by atoms with Gasteiger partial charge in [-0.1, -0.05) is 61.9 Å². The van der Waals surface area contributed by atoms with Crippen LogP contribution in [0.3, 0.4) is 0 Å². The average Bonchev–Trinajstić information content (AvgIpc) is 3.10. The number of thioether (sulfide) groups is 1. The predicted octanol–water partition coefficient (Wildman–Crippen LogP) is 2.98. The molecule has 0 radical (unpaired) electrons. The van der Waals surface area contributed by atoms with E-state index in [9.17, 15) is 19.5 Å². The first-order chi connectivity index (χ1) is 17.1. The van der Waals surface area contributed by atoms with E-state index in [1.165, 1.54) is 11.8 Å². The van der Waals surface area contributed by atoms with Gasteiger partial charge in [0.05, 0.1) is 39.9 Å². The molecule has 36 heavy (non-hydrogen) atoms. The Kier molecular flexibility index (Phi) is 6.29. The molecule has 0 aliphatic carbocycles. The molecule has 5 rings (SSSR count). The molecule has 6 atom stereocenters. The molecule has 4 aliphatic rings. The van der Waals surface area contributed by atoms with Crippen molar-refractivity contribution >= 4 is 46.8 Å². The zero-order valence-electron chi connectivity index (χ0n) is 20.9. The van der Waals surface area contributed by atoms with Gasteiger partial charge in [0.25, 0.3) is 5.91 Å². The monoisotopic (exact) mass is 529 g/mol. The summed E-state index contributed by atoms with van der Waals surface area (Å²) in [5.74, 6) is -2.03. The quantitative estimate of drug-likeness (QED) is 0.606. The van der Waals surface area contributed by atoms with Gasteiger partial charge in [0.2, 0.25) is 11.8 Å². The molecule has 4 aliphatic heterocycles. The van der Waals surface area contributed by atoms with Crippen LogP contribution in [0.4, 0.5) is 5.69 Å². The van der Waals surface area contributed by atoms with Gasteiger partial charge in [-0.25, -0.2) is 0 Å². The first-order valence-electron chi connectivity index (χ1n) is 12.4. The van der Waals surface area contributed by atoms with E-state index in [1.54, 1.807) is 33.9 Å². The second kappa shape index (κ2) is 8.92. The Morgan fingerprint density at radius 3 is 2.42 bits per heavy atom. The summed E-state index contributed by atoms with van der Waals surface area (Å²) in [4.78, 5) is 47.4. The summed E-state index contributed by atoms with van der Waals surface area (Å²) >= 11 is 8.04. The van der Waals surface area contributed by atoms with E-state index in [0.717, 1.165) is 0 Å². The van der Waals surface area contributed by atoms with Crippen molar-refractivity contribution in [1.29, 1.82) is 0 Å². The Morgan fingerprint density at radius 2 is 1.75 bits per heavy atom. The summed E-state index contributed by atoms with van der Waals surface area (Å²) in [6, 6.07) is 5.72. The highest BCUT2D eigenvalue weighted by Crippen LogP contribution is 2.66. The largest absolute Gasteiger partial charge is 0.394 e. The van der Waals surface area contributed by atoms with E-state index in [-0.39, 0.29) is 30.2 Å². The van der Waals surface area contributed by atoms with Gasteiger partial charge >= 0.3 is 0 Å². The number of fused-ring (bicyclic) bond motifs is 2. The Balaban J connectivity index is 1.71. The van der Waals surface area contributed by atoms with Crippen LogP contribution in [0.5, 0.6) is 0 Å². The number of carbonyl (C=O) groups excluding carboxylic acids is 3. The minimum atomic E-state index is -0.954. The normalized spacial score (nSPS) is 34.6. The van der Waals surface area contributed by atoms with Crippen LogP contribution < -0.4 is 4.90 Å².